The Balaban J connectivity index is 1.48. The number of nitro benzene ring substituents is 1. The lowest BCUT2D eigenvalue weighted by Gasteiger charge is -2.37. The van der Waals surface area contributed by atoms with Crippen LogP contribution >= 0.6 is 0 Å². The van der Waals surface area contributed by atoms with Gasteiger partial charge in [-0.3, -0.25) is 28.9 Å². The van der Waals surface area contributed by atoms with Crippen LogP contribution in [-0.4, -0.2) is 45.1 Å². The highest BCUT2D eigenvalue weighted by Crippen LogP contribution is 2.22. The van der Waals surface area contributed by atoms with Crippen LogP contribution in [0.2, 0.25) is 0 Å². The van der Waals surface area contributed by atoms with Crippen LogP contribution in [0.1, 0.15) is 28.4 Å². The molecule has 10 nitrogen and oxygen atoms in total. The molecule has 44 heavy (non-hydrogen) atoms. The molecular weight excluding hydrogens is 577 g/mol. The molecule has 1 unspecified atom stereocenters. The lowest BCUT2D eigenvalue weighted by atomic mass is 10.1. The maximum atomic E-state index is 14.7. The van der Waals surface area contributed by atoms with Gasteiger partial charge < -0.3 is 10.6 Å². The summed E-state index contributed by atoms with van der Waals surface area (Å²) in [5, 5.41) is 11.2. The molecule has 230 valence electrons. The number of nitro groups is 1. The fourth-order valence-electron chi connectivity index (χ4n) is 5.53. The Morgan fingerprint density at radius 1 is 0.886 bits per heavy atom. The molecular formula is C31H31F3N6O4. The predicted octanol–water partition coefficient (Wildman–Crippen LogP) is 3.71. The van der Waals surface area contributed by atoms with E-state index in [1.165, 1.54) is 36.4 Å². The van der Waals surface area contributed by atoms with Crippen molar-refractivity contribution in [3.05, 3.63) is 138 Å². The molecule has 4 aromatic rings. The lowest BCUT2D eigenvalue weighted by molar-refractivity contribution is -0.384. The number of halogens is 3. The van der Waals surface area contributed by atoms with E-state index in [0.717, 1.165) is 26.8 Å². The first-order valence-corrected chi connectivity index (χ1v) is 14.0. The minimum absolute atomic E-state index is 0.00214. The number of nitrogens with two attached hydrogens (primary N) is 1. The van der Waals surface area contributed by atoms with Gasteiger partial charge in [-0.05, 0) is 42.3 Å². The van der Waals surface area contributed by atoms with Crippen molar-refractivity contribution in [1.82, 2.24) is 14.0 Å². The van der Waals surface area contributed by atoms with Crippen LogP contribution in [0, 0.1) is 34.5 Å². The highest BCUT2D eigenvalue weighted by atomic mass is 19.1. The zero-order chi connectivity index (χ0) is 31.5. The van der Waals surface area contributed by atoms with Gasteiger partial charge in [-0.15, -0.1) is 0 Å². The minimum atomic E-state index is -0.919. The van der Waals surface area contributed by atoms with E-state index in [9.17, 15) is 32.9 Å². The largest absolute Gasteiger partial charge is 0.363 e. The van der Waals surface area contributed by atoms with Crippen LogP contribution in [0.25, 0.3) is 0 Å². The Bertz CT molecular complexity index is 1800. The summed E-state index contributed by atoms with van der Waals surface area (Å²) in [5.41, 5.74) is 6.17. The maximum absolute atomic E-state index is 14.7. The number of hydrogen-bond acceptors (Lipinski definition) is 7. The van der Waals surface area contributed by atoms with Gasteiger partial charge >= 0.3 is 5.69 Å². The summed E-state index contributed by atoms with van der Waals surface area (Å²) in [6.07, 6.45) is 0. The molecule has 0 radical (unpaired) electrons. The van der Waals surface area contributed by atoms with Gasteiger partial charge in [0.05, 0.1) is 18.0 Å². The van der Waals surface area contributed by atoms with Gasteiger partial charge in [-0.2, -0.15) is 0 Å². The Labute approximate surface area is 250 Å². The van der Waals surface area contributed by atoms with Crippen LogP contribution in [0.15, 0.2) is 76.3 Å². The summed E-state index contributed by atoms with van der Waals surface area (Å²) in [7, 11) is 0. The Hall–Kier alpha value is -4.75. The van der Waals surface area contributed by atoms with Crippen LogP contribution in [0.5, 0.6) is 0 Å². The average Bonchev–Trinajstić information content (AvgIpc) is 2.99. The van der Waals surface area contributed by atoms with Crippen LogP contribution in [-0.2, 0) is 19.6 Å². The summed E-state index contributed by atoms with van der Waals surface area (Å²) in [5.74, 6) is -2.19. The average molecular weight is 609 g/mol. The summed E-state index contributed by atoms with van der Waals surface area (Å²) in [6, 6.07) is 14.4. The molecule has 13 heteroatoms. The Morgan fingerprint density at radius 2 is 1.55 bits per heavy atom. The number of aromatic nitrogens is 2. The fraction of sp³-hybridized carbons (Fsp3) is 0.290. The third-order valence-electron chi connectivity index (χ3n) is 7.91. The van der Waals surface area contributed by atoms with E-state index in [2.05, 4.69) is 4.90 Å². The van der Waals surface area contributed by atoms with Crippen molar-refractivity contribution in [2.24, 2.45) is 5.73 Å². The fourth-order valence-corrected chi connectivity index (χ4v) is 5.53. The number of anilines is 1. The second kappa shape index (κ2) is 12.9. The third-order valence-corrected chi connectivity index (χ3v) is 7.91. The van der Waals surface area contributed by atoms with Crippen molar-refractivity contribution in [3.8, 4) is 0 Å². The summed E-state index contributed by atoms with van der Waals surface area (Å²) in [6.45, 7) is 3.05. The third kappa shape index (κ3) is 6.43. The zero-order valence-corrected chi connectivity index (χ0v) is 24.0. The van der Waals surface area contributed by atoms with Gasteiger partial charge in [0.15, 0.2) is 0 Å². The van der Waals surface area contributed by atoms with Crippen LogP contribution in [0.4, 0.5) is 24.5 Å². The van der Waals surface area contributed by atoms with Gasteiger partial charge in [0.25, 0.3) is 11.2 Å². The quantitative estimate of drug-likeness (QED) is 0.227. The predicted molar refractivity (Wildman–Crippen MR) is 159 cm³/mol. The normalized spacial score (nSPS) is 14.5. The highest BCUT2D eigenvalue weighted by molar-refractivity contribution is 5.50. The molecule has 1 fully saturated rings. The van der Waals surface area contributed by atoms with Crippen molar-refractivity contribution in [1.29, 1.82) is 0 Å². The van der Waals surface area contributed by atoms with E-state index in [0.29, 0.717) is 38.3 Å². The molecule has 0 amide bonds. The van der Waals surface area contributed by atoms with Crippen molar-refractivity contribution in [2.45, 2.75) is 32.6 Å². The van der Waals surface area contributed by atoms with E-state index in [1.807, 2.05) is 11.0 Å². The van der Waals surface area contributed by atoms with Crippen molar-refractivity contribution < 1.29 is 18.1 Å². The van der Waals surface area contributed by atoms with Gasteiger partial charge in [-0.1, -0.05) is 30.3 Å². The lowest BCUT2D eigenvalue weighted by Crippen LogP contribution is -2.51. The second-order valence-electron chi connectivity index (χ2n) is 10.8. The number of non-ortho nitro benzene ring substituents is 1. The van der Waals surface area contributed by atoms with Gasteiger partial charge in [-0.25, -0.2) is 18.0 Å². The SMILES string of the molecule is Cc1c(N2CCN(Cc3cccc([N+](=O)[O-])c3)CC2)c(=O)n(CC(N)c2cccc(F)c2)c(=O)n1Cc1c(F)cccc1F. The van der Waals surface area contributed by atoms with Crippen LogP contribution < -0.4 is 21.9 Å². The first kappa shape index (κ1) is 30.7. The zero-order valence-electron chi connectivity index (χ0n) is 24.0. The minimum Gasteiger partial charge on any atom is -0.363 e. The molecule has 1 aliphatic rings. The van der Waals surface area contributed by atoms with E-state index >= 15 is 0 Å². The smallest absolute Gasteiger partial charge is 0.331 e. The summed E-state index contributed by atoms with van der Waals surface area (Å²) in [4.78, 5) is 42.3. The maximum Gasteiger partial charge on any atom is 0.331 e. The van der Waals surface area contributed by atoms with Gasteiger partial charge in [0.2, 0.25) is 0 Å². The Morgan fingerprint density at radius 3 is 2.20 bits per heavy atom. The summed E-state index contributed by atoms with van der Waals surface area (Å²) < 4.78 is 45.3. The first-order valence-electron chi connectivity index (χ1n) is 14.0. The first-order chi connectivity index (χ1) is 21.0. The number of hydrogen-bond donors (Lipinski definition) is 1. The standard InChI is InChI=1S/C31H31F3N6O4/c1-20-29(37-13-11-36(12-14-37)17-21-5-2-8-24(15-21)40(43)44)30(41)39(19-28(35)22-6-3-7-23(32)16-22)31(42)38(20)18-25-26(33)9-4-10-27(25)34/h2-10,15-16,28H,11-14,17-19,35H2,1H3. The molecule has 0 aliphatic carbocycles. The molecule has 0 spiro atoms. The van der Waals surface area contributed by atoms with Crippen LogP contribution in [0.3, 0.4) is 0 Å². The molecule has 3 aromatic carbocycles. The molecule has 2 heterocycles. The molecule has 1 aromatic heterocycles. The number of nitrogens with zero attached hydrogens (tertiary/aromatic N) is 5. The molecule has 0 saturated carbocycles. The molecule has 1 atom stereocenters. The molecule has 2 N–H and O–H groups in total. The summed E-state index contributed by atoms with van der Waals surface area (Å²) >= 11 is 0. The van der Waals surface area contributed by atoms with Crippen molar-refractivity contribution in [2.75, 3.05) is 31.1 Å². The number of benzene rings is 3. The molecule has 1 aliphatic heterocycles. The molecule has 0 bridgehead atoms. The van der Waals surface area contributed by atoms with E-state index < -0.39 is 46.2 Å². The number of piperazine rings is 1. The Kier molecular flexibility index (Phi) is 8.97. The van der Waals surface area contributed by atoms with Crippen molar-refractivity contribution >= 4 is 11.4 Å². The van der Waals surface area contributed by atoms with Crippen molar-refractivity contribution in [3.63, 3.8) is 0 Å². The van der Waals surface area contributed by atoms with Gasteiger partial charge in [0.1, 0.15) is 23.1 Å². The molecule has 1 saturated heterocycles. The monoisotopic (exact) mass is 608 g/mol. The number of rotatable bonds is 9. The highest BCUT2D eigenvalue weighted by Gasteiger charge is 2.27. The molecule has 5 rings (SSSR count). The van der Waals surface area contributed by atoms with E-state index in [-0.39, 0.29) is 29.2 Å². The van der Waals surface area contributed by atoms with E-state index in [4.69, 9.17) is 5.73 Å². The van der Waals surface area contributed by atoms with E-state index in [1.54, 1.807) is 19.1 Å². The topological polar surface area (TPSA) is 120 Å². The van der Waals surface area contributed by atoms with Gasteiger partial charge in [0, 0.05) is 62.2 Å². The second-order valence-corrected chi connectivity index (χ2v) is 10.8.